The Kier molecular flexibility index (Phi) is 2.55. The van der Waals surface area contributed by atoms with Crippen LogP contribution in [0.4, 0.5) is 0 Å². The first-order valence-electron chi connectivity index (χ1n) is 5.32. The number of aliphatic hydroxyl groups is 2. The molecule has 0 aromatic heterocycles. The molecule has 0 bridgehead atoms. The van der Waals surface area contributed by atoms with Gasteiger partial charge in [-0.3, -0.25) is 0 Å². The Morgan fingerprint density at radius 2 is 1.93 bits per heavy atom. The maximum atomic E-state index is 10.1. The summed E-state index contributed by atoms with van der Waals surface area (Å²) < 4.78 is 5.70. The molecule has 3 N–H and O–H groups in total. The predicted octanol–water partition coefficient (Wildman–Crippen LogP) is -0.359. The van der Waals surface area contributed by atoms with E-state index < -0.39 is 17.3 Å². The number of rotatable bonds is 0. The van der Waals surface area contributed by atoms with Crippen molar-refractivity contribution in [2.24, 2.45) is 0 Å². The summed E-state index contributed by atoms with van der Waals surface area (Å²) in [6, 6.07) is 0. The summed E-state index contributed by atoms with van der Waals surface area (Å²) >= 11 is 0. The fourth-order valence-electron chi connectivity index (χ4n) is 2.51. The number of piperidine rings is 1. The first-order chi connectivity index (χ1) is 6.57. The second-order valence-corrected chi connectivity index (χ2v) is 4.67. The monoisotopic (exact) mass is 201 g/mol. The molecule has 82 valence electrons. The number of nitrogens with one attached hydrogen (secondary N) is 1. The van der Waals surface area contributed by atoms with Crippen LogP contribution in [-0.4, -0.2) is 47.2 Å². The third-order valence-electron chi connectivity index (χ3n) is 3.54. The summed E-state index contributed by atoms with van der Waals surface area (Å²) in [7, 11) is 0. The molecule has 0 saturated carbocycles. The zero-order valence-corrected chi connectivity index (χ0v) is 8.62. The van der Waals surface area contributed by atoms with Crippen molar-refractivity contribution in [1.29, 1.82) is 0 Å². The first-order valence-corrected chi connectivity index (χ1v) is 5.32. The Morgan fingerprint density at radius 3 is 2.57 bits per heavy atom. The lowest BCUT2D eigenvalue weighted by Gasteiger charge is -2.50. The second-order valence-electron chi connectivity index (χ2n) is 4.67. The van der Waals surface area contributed by atoms with Gasteiger partial charge in [-0.1, -0.05) is 0 Å². The van der Waals surface area contributed by atoms with Gasteiger partial charge in [0.2, 0.25) is 0 Å². The predicted molar refractivity (Wildman–Crippen MR) is 52.0 cm³/mol. The maximum absolute atomic E-state index is 10.1. The van der Waals surface area contributed by atoms with Gasteiger partial charge >= 0.3 is 0 Å². The van der Waals surface area contributed by atoms with Crippen LogP contribution in [0.15, 0.2) is 0 Å². The van der Waals surface area contributed by atoms with Crippen LogP contribution in [0.2, 0.25) is 0 Å². The van der Waals surface area contributed by atoms with E-state index in [0.29, 0.717) is 13.0 Å². The van der Waals surface area contributed by atoms with Crippen LogP contribution in [0.1, 0.15) is 26.2 Å². The van der Waals surface area contributed by atoms with Crippen LogP contribution >= 0.6 is 0 Å². The molecule has 2 rings (SSSR count). The van der Waals surface area contributed by atoms with E-state index in [1.54, 1.807) is 6.92 Å². The average Bonchev–Trinajstić information content (AvgIpc) is 2.16. The quantitative estimate of drug-likeness (QED) is 0.501. The lowest BCUT2D eigenvalue weighted by atomic mass is 9.75. The third kappa shape index (κ3) is 1.56. The van der Waals surface area contributed by atoms with Crippen LogP contribution in [0.5, 0.6) is 0 Å². The van der Waals surface area contributed by atoms with Gasteiger partial charge in [0, 0.05) is 6.42 Å². The van der Waals surface area contributed by atoms with Crippen LogP contribution in [0.3, 0.4) is 0 Å². The molecule has 0 unspecified atom stereocenters. The van der Waals surface area contributed by atoms with E-state index in [1.165, 1.54) is 0 Å². The molecular formula is C10H19NO3. The minimum Gasteiger partial charge on any atom is -0.387 e. The Morgan fingerprint density at radius 1 is 1.29 bits per heavy atom. The van der Waals surface area contributed by atoms with Gasteiger partial charge in [0.25, 0.3) is 0 Å². The minimum atomic E-state index is -0.990. The molecule has 14 heavy (non-hydrogen) atoms. The Labute approximate surface area is 84.3 Å². The summed E-state index contributed by atoms with van der Waals surface area (Å²) in [5.74, 6) is 0. The lowest BCUT2D eigenvalue weighted by Crippen LogP contribution is -2.63. The normalized spacial score (nSPS) is 42.6. The van der Waals surface area contributed by atoms with Crippen molar-refractivity contribution < 1.29 is 14.9 Å². The van der Waals surface area contributed by atoms with Crippen molar-refractivity contribution in [3.8, 4) is 0 Å². The Hall–Kier alpha value is -0.160. The zero-order chi connectivity index (χ0) is 10.2. The van der Waals surface area contributed by atoms with Gasteiger partial charge < -0.3 is 20.3 Å². The Balaban J connectivity index is 2.16. The minimum absolute atomic E-state index is 0.507. The molecular weight excluding hydrogens is 182 g/mol. The lowest BCUT2D eigenvalue weighted by molar-refractivity contribution is -0.240. The molecule has 2 saturated heterocycles. The van der Waals surface area contributed by atoms with Crippen LogP contribution in [-0.2, 0) is 4.74 Å². The smallest absolute Gasteiger partial charge is 0.111 e. The van der Waals surface area contributed by atoms with Gasteiger partial charge in [-0.05, 0) is 32.9 Å². The standard InChI is InChI=1S/C10H19NO3/c1-9(13)4-7-14-10(8(9)12)2-5-11-6-3-10/h8,11-13H,2-7H2,1H3/t8-,9+/m0/s1. The highest BCUT2D eigenvalue weighted by Crippen LogP contribution is 2.38. The van der Waals surface area contributed by atoms with Crippen molar-refractivity contribution in [1.82, 2.24) is 5.32 Å². The highest BCUT2D eigenvalue weighted by Gasteiger charge is 2.51. The van der Waals surface area contributed by atoms with Gasteiger partial charge in [0.05, 0.1) is 17.8 Å². The fourth-order valence-corrected chi connectivity index (χ4v) is 2.51. The van der Waals surface area contributed by atoms with Gasteiger partial charge in [-0.15, -0.1) is 0 Å². The van der Waals surface area contributed by atoms with E-state index in [4.69, 9.17) is 4.74 Å². The van der Waals surface area contributed by atoms with Crippen molar-refractivity contribution in [2.45, 2.75) is 43.5 Å². The summed E-state index contributed by atoms with van der Waals surface area (Å²) in [6.07, 6.45) is 1.32. The molecule has 0 aliphatic carbocycles. The largest absolute Gasteiger partial charge is 0.387 e. The van der Waals surface area contributed by atoms with Crippen molar-refractivity contribution >= 4 is 0 Å². The van der Waals surface area contributed by atoms with Crippen LogP contribution in [0, 0.1) is 0 Å². The van der Waals surface area contributed by atoms with Gasteiger partial charge in [-0.2, -0.15) is 0 Å². The highest BCUT2D eigenvalue weighted by molar-refractivity contribution is 5.03. The molecule has 2 atom stereocenters. The number of ether oxygens (including phenoxy) is 1. The molecule has 2 aliphatic rings. The summed E-state index contributed by atoms with van der Waals surface area (Å²) in [5.41, 5.74) is -1.50. The van der Waals surface area contributed by atoms with E-state index in [2.05, 4.69) is 5.32 Å². The van der Waals surface area contributed by atoms with E-state index in [1.807, 2.05) is 0 Å². The van der Waals surface area contributed by atoms with E-state index in [0.717, 1.165) is 25.9 Å². The van der Waals surface area contributed by atoms with Crippen molar-refractivity contribution in [3.05, 3.63) is 0 Å². The SMILES string of the molecule is C[C@@]1(O)CCOC2(CCNCC2)[C@H]1O. The molecule has 2 fully saturated rings. The van der Waals surface area contributed by atoms with Crippen LogP contribution < -0.4 is 5.32 Å². The second kappa shape index (κ2) is 3.45. The molecule has 0 radical (unpaired) electrons. The number of aliphatic hydroxyl groups excluding tert-OH is 1. The summed E-state index contributed by atoms with van der Waals surface area (Å²) in [4.78, 5) is 0. The molecule has 4 nitrogen and oxygen atoms in total. The summed E-state index contributed by atoms with van der Waals surface area (Å²) in [5, 5.41) is 23.4. The molecule has 2 heterocycles. The molecule has 0 aromatic rings. The Bertz CT molecular complexity index is 206. The van der Waals surface area contributed by atoms with E-state index in [9.17, 15) is 10.2 Å². The molecule has 0 amide bonds. The maximum Gasteiger partial charge on any atom is 0.111 e. The third-order valence-corrected chi connectivity index (χ3v) is 3.54. The average molecular weight is 201 g/mol. The zero-order valence-electron chi connectivity index (χ0n) is 8.62. The first kappa shape index (κ1) is 10.4. The van der Waals surface area contributed by atoms with Crippen LogP contribution in [0.25, 0.3) is 0 Å². The van der Waals surface area contributed by atoms with Gasteiger partial charge in [-0.25, -0.2) is 0 Å². The summed E-state index contributed by atoms with van der Waals surface area (Å²) in [6.45, 7) is 3.95. The molecule has 4 heteroatoms. The van der Waals surface area contributed by atoms with E-state index in [-0.39, 0.29) is 0 Å². The van der Waals surface area contributed by atoms with Gasteiger partial charge in [0.15, 0.2) is 0 Å². The molecule has 0 aromatic carbocycles. The fraction of sp³-hybridized carbons (Fsp3) is 1.00. The molecule has 2 aliphatic heterocycles. The van der Waals surface area contributed by atoms with Gasteiger partial charge in [0.1, 0.15) is 6.10 Å². The van der Waals surface area contributed by atoms with Crippen molar-refractivity contribution in [2.75, 3.05) is 19.7 Å². The van der Waals surface area contributed by atoms with E-state index >= 15 is 0 Å². The molecule has 1 spiro atoms. The van der Waals surface area contributed by atoms with Crippen molar-refractivity contribution in [3.63, 3.8) is 0 Å². The number of hydrogen-bond acceptors (Lipinski definition) is 4. The highest BCUT2D eigenvalue weighted by atomic mass is 16.5. The topological polar surface area (TPSA) is 61.7 Å². The number of hydrogen-bond donors (Lipinski definition) is 3.